The van der Waals surface area contributed by atoms with Crippen molar-refractivity contribution >= 4 is 15.9 Å². The summed E-state index contributed by atoms with van der Waals surface area (Å²) in [6.45, 7) is 5.45. The summed E-state index contributed by atoms with van der Waals surface area (Å²) in [7, 11) is -3.59. The number of hydrogen-bond acceptors (Lipinski definition) is 5. The molecular weight excluding hydrogens is 416 g/mol. The molecule has 2 aliphatic rings. The maximum atomic E-state index is 13.2. The standard InChI is InChI=1S/C23H28N2O5S/c1-16(2)24-31(27,28)19-9-6-17(7-10-19)23(26)25-12-3-5-20(25)18-8-11-21-22(15-18)30-14-4-13-29-21/h6-11,15-16,20,24H,3-5,12-14H2,1-2H3/t20-/m0/s1. The van der Waals surface area contributed by atoms with Crippen molar-refractivity contribution in [3.8, 4) is 11.5 Å². The summed E-state index contributed by atoms with van der Waals surface area (Å²) >= 11 is 0. The molecule has 0 spiro atoms. The molecule has 0 bridgehead atoms. The lowest BCUT2D eigenvalue weighted by Crippen LogP contribution is -2.31. The topological polar surface area (TPSA) is 84.9 Å². The van der Waals surface area contributed by atoms with Crippen LogP contribution in [0, 0.1) is 0 Å². The molecule has 0 unspecified atom stereocenters. The van der Waals surface area contributed by atoms with Crippen molar-refractivity contribution in [2.24, 2.45) is 0 Å². The Bertz CT molecular complexity index is 1050. The summed E-state index contributed by atoms with van der Waals surface area (Å²) in [5.74, 6) is 1.36. The molecule has 1 amide bonds. The average Bonchev–Trinajstić information content (AvgIpc) is 3.11. The van der Waals surface area contributed by atoms with Gasteiger partial charge in [0.1, 0.15) is 0 Å². The Morgan fingerprint density at radius 1 is 1.03 bits per heavy atom. The summed E-state index contributed by atoms with van der Waals surface area (Å²) < 4.78 is 38.7. The molecule has 0 saturated carbocycles. The van der Waals surface area contributed by atoms with Crippen LogP contribution in [0.1, 0.15) is 55.1 Å². The minimum atomic E-state index is -3.59. The number of likely N-dealkylation sites (tertiary alicyclic amines) is 1. The number of nitrogens with zero attached hydrogens (tertiary/aromatic N) is 1. The van der Waals surface area contributed by atoms with Crippen LogP contribution in [0.15, 0.2) is 47.4 Å². The Hall–Kier alpha value is -2.58. The van der Waals surface area contributed by atoms with E-state index in [0.717, 1.165) is 36.3 Å². The molecule has 1 atom stereocenters. The molecular formula is C23H28N2O5S. The Labute approximate surface area is 183 Å². The number of ether oxygens (including phenoxy) is 2. The predicted octanol–water partition coefficient (Wildman–Crippen LogP) is 3.51. The SMILES string of the molecule is CC(C)NS(=O)(=O)c1ccc(C(=O)N2CCC[C@H]2c2ccc3c(c2)OCCCO3)cc1. The fraction of sp³-hybridized carbons (Fsp3) is 0.435. The van der Waals surface area contributed by atoms with Crippen LogP contribution in [0.4, 0.5) is 0 Å². The Kier molecular flexibility index (Phi) is 6.20. The van der Waals surface area contributed by atoms with Gasteiger partial charge in [-0.1, -0.05) is 6.07 Å². The molecule has 2 aliphatic heterocycles. The van der Waals surface area contributed by atoms with Gasteiger partial charge >= 0.3 is 0 Å². The zero-order chi connectivity index (χ0) is 22.0. The Balaban J connectivity index is 1.54. The number of sulfonamides is 1. The zero-order valence-electron chi connectivity index (χ0n) is 17.8. The van der Waals surface area contributed by atoms with Gasteiger partial charge in [0.2, 0.25) is 10.0 Å². The second kappa shape index (κ2) is 8.88. The maximum Gasteiger partial charge on any atom is 0.254 e. The van der Waals surface area contributed by atoms with Crippen LogP contribution in [0.3, 0.4) is 0 Å². The Morgan fingerprint density at radius 3 is 2.45 bits per heavy atom. The van der Waals surface area contributed by atoms with E-state index in [1.165, 1.54) is 12.1 Å². The first-order valence-corrected chi connectivity index (χ1v) is 12.2. The highest BCUT2D eigenvalue weighted by molar-refractivity contribution is 7.89. The summed E-state index contributed by atoms with van der Waals surface area (Å²) in [6, 6.07) is 11.8. The molecule has 0 aliphatic carbocycles. The van der Waals surface area contributed by atoms with Crippen molar-refractivity contribution in [2.75, 3.05) is 19.8 Å². The van der Waals surface area contributed by atoms with Gasteiger partial charge in [-0.2, -0.15) is 0 Å². The van der Waals surface area contributed by atoms with E-state index in [-0.39, 0.29) is 22.9 Å². The smallest absolute Gasteiger partial charge is 0.254 e. The van der Waals surface area contributed by atoms with E-state index in [1.54, 1.807) is 26.0 Å². The van der Waals surface area contributed by atoms with E-state index in [1.807, 2.05) is 23.1 Å². The van der Waals surface area contributed by atoms with E-state index < -0.39 is 10.0 Å². The lowest BCUT2D eigenvalue weighted by Gasteiger charge is -2.26. The molecule has 1 saturated heterocycles. The number of carbonyl (C=O) groups is 1. The van der Waals surface area contributed by atoms with Crippen LogP contribution in [0.25, 0.3) is 0 Å². The normalized spacial score (nSPS) is 18.8. The predicted molar refractivity (Wildman–Crippen MR) is 117 cm³/mol. The molecule has 2 aromatic carbocycles. The van der Waals surface area contributed by atoms with Crippen LogP contribution in [0.2, 0.25) is 0 Å². The van der Waals surface area contributed by atoms with Gasteiger partial charge in [-0.3, -0.25) is 4.79 Å². The molecule has 8 heteroatoms. The number of benzene rings is 2. The van der Waals surface area contributed by atoms with Crippen molar-refractivity contribution in [1.29, 1.82) is 0 Å². The van der Waals surface area contributed by atoms with Crippen LogP contribution >= 0.6 is 0 Å². The molecule has 1 fully saturated rings. The van der Waals surface area contributed by atoms with Crippen LogP contribution in [-0.4, -0.2) is 45.0 Å². The first kappa shape index (κ1) is 21.6. The molecule has 1 N–H and O–H groups in total. The van der Waals surface area contributed by atoms with Crippen LogP contribution in [0.5, 0.6) is 11.5 Å². The van der Waals surface area contributed by atoms with Crippen molar-refractivity contribution in [3.05, 3.63) is 53.6 Å². The summed E-state index contributed by atoms with van der Waals surface area (Å²) in [5.41, 5.74) is 1.50. The molecule has 7 nitrogen and oxygen atoms in total. The number of fused-ring (bicyclic) bond motifs is 1. The molecule has 166 valence electrons. The first-order chi connectivity index (χ1) is 14.8. The minimum absolute atomic E-state index is 0.0457. The van der Waals surface area contributed by atoms with E-state index in [4.69, 9.17) is 9.47 Å². The van der Waals surface area contributed by atoms with Crippen molar-refractivity contribution in [3.63, 3.8) is 0 Å². The summed E-state index contributed by atoms with van der Waals surface area (Å²) in [6.07, 6.45) is 2.63. The third kappa shape index (κ3) is 4.70. The monoisotopic (exact) mass is 444 g/mol. The van der Waals surface area contributed by atoms with Gasteiger partial charge in [0, 0.05) is 24.6 Å². The highest BCUT2D eigenvalue weighted by Crippen LogP contribution is 2.38. The van der Waals surface area contributed by atoms with Crippen LogP contribution in [-0.2, 0) is 10.0 Å². The highest BCUT2D eigenvalue weighted by Gasteiger charge is 2.31. The van der Waals surface area contributed by atoms with Gasteiger partial charge in [0.25, 0.3) is 5.91 Å². The zero-order valence-corrected chi connectivity index (χ0v) is 18.7. The third-order valence-electron chi connectivity index (χ3n) is 5.47. The Morgan fingerprint density at radius 2 is 1.74 bits per heavy atom. The summed E-state index contributed by atoms with van der Waals surface area (Å²) in [4.78, 5) is 15.2. The summed E-state index contributed by atoms with van der Waals surface area (Å²) in [5, 5.41) is 0. The second-order valence-corrected chi connectivity index (χ2v) is 9.93. The van der Waals surface area contributed by atoms with Gasteiger partial charge in [-0.05, 0) is 68.7 Å². The molecule has 2 aromatic rings. The number of hydrogen-bond donors (Lipinski definition) is 1. The maximum absolute atomic E-state index is 13.2. The molecule has 31 heavy (non-hydrogen) atoms. The second-order valence-electron chi connectivity index (χ2n) is 8.21. The van der Waals surface area contributed by atoms with Crippen molar-refractivity contribution < 1.29 is 22.7 Å². The van der Waals surface area contributed by atoms with Gasteiger partial charge in [0.05, 0.1) is 24.2 Å². The van der Waals surface area contributed by atoms with E-state index in [0.29, 0.717) is 25.3 Å². The highest BCUT2D eigenvalue weighted by atomic mass is 32.2. The van der Waals surface area contributed by atoms with Crippen molar-refractivity contribution in [2.45, 2.75) is 50.1 Å². The number of nitrogens with one attached hydrogen (secondary N) is 1. The van der Waals surface area contributed by atoms with Gasteiger partial charge in [0.15, 0.2) is 11.5 Å². The number of amides is 1. The lowest BCUT2D eigenvalue weighted by molar-refractivity contribution is 0.0735. The molecule has 4 rings (SSSR count). The van der Waals surface area contributed by atoms with E-state index in [2.05, 4.69) is 4.72 Å². The first-order valence-electron chi connectivity index (χ1n) is 10.7. The van der Waals surface area contributed by atoms with E-state index >= 15 is 0 Å². The number of carbonyl (C=O) groups excluding carboxylic acids is 1. The fourth-order valence-corrected chi connectivity index (χ4v) is 5.32. The minimum Gasteiger partial charge on any atom is -0.490 e. The van der Waals surface area contributed by atoms with Crippen molar-refractivity contribution in [1.82, 2.24) is 9.62 Å². The van der Waals surface area contributed by atoms with Gasteiger partial charge in [-0.15, -0.1) is 0 Å². The largest absolute Gasteiger partial charge is 0.490 e. The third-order valence-corrected chi connectivity index (χ3v) is 7.15. The lowest BCUT2D eigenvalue weighted by atomic mass is 10.0. The molecule has 0 aromatic heterocycles. The molecule has 0 radical (unpaired) electrons. The average molecular weight is 445 g/mol. The quantitative estimate of drug-likeness (QED) is 0.763. The number of rotatable bonds is 5. The molecule has 2 heterocycles. The van der Waals surface area contributed by atoms with Gasteiger partial charge < -0.3 is 14.4 Å². The van der Waals surface area contributed by atoms with Gasteiger partial charge in [-0.25, -0.2) is 13.1 Å². The van der Waals surface area contributed by atoms with Crippen LogP contribution < -0.4 is 14.2 Å². The van der Waals surface area contributed by atoms with E-state index in [9.17, 15) is 13.2 Å². The fourth-order valence-electron chi connectivity index (χ4n) is 4.06.